The molecule has 0 atom stereocenters. The highest BCUT2D eigenvalue weighted by molar-refractivity contribution is 14.0. The highest BCUT2D eigenvalue weighted by atomic mass is 127. The van der Waals surface area contributed by atoms with E-state index in [0.29, 0.717) is 31.7 Å². The molecular formula is C21H37IN4O3. The summed E-state index contributed by atoms with van der Waals surface area (Å²) >= 11 is 0. The van der Waals surface area contributed by atoms with Gasteiger partial charge in [-0.15, -0.1) is 24.0 Å². The van der Waals surface area contributed by atoms with Gasteiger partial charge < -0.3 is 24.8 Å². The van der Waals surface area contributed by atoms with Crippen LogP contribution in [0, 0.1) is 0 Å². The van der Waals surface area contributed by atoms with E-state index in [4.69, 9.17) is 14.2 Å². The zero-order chi connectivity index (χ0) is 19.9. The van der Waals surface area contributed by atoms with Crippen LogP contribution in [0.3, 0.4) is 0 Å². The molecule has 1 saturated carbocycles. The summed E-state index contributed by atoms with van der Waals surface area (Å²) in [5.74, 6) is 1.41. The number of aromatic nitrogens is 1. The number of nitrogens with one attached hydrogen (secondary N) is 2. The molecule has 0 spiro atoms. The van der Waals surface area contributed by atoms with E-state index in [1.165, 1.54) is 32.1 Å². The van der Waals surface area contributed by atoms with Gasteiger partial charge in [0.15, 0.2) is 5.96 Å². The highest BCUT2D eigenvalue weighted by Crippen LogP contribution is 2.20. The monoisotopic (exact) mass is 520 g/mol. The molecular weight excluding hydrogens is 483 g/mol. The average molecular weight is 520 g/mol. The van der Waals surface area contributed by atoms with Gasteiger partial charge in [-0.05, 0) is 32.3 Å². The first kappa shape index (κ1) is 25.9. The van der Waals surface area contributed by atoms with Gasteiger partial charge in [0, 0.05) is 38.6 Å². The van der Waals surface area contributed by atoms with Gasteiger partial charge in [0.2, 0.25) is 5.88 Å². The van der Waals surface area contributed by atoms with Crippen molar-refractivity contribution < 1.29 is 14.2 Å². The Balaban J connectivity index is 0.00000420. The summed E-state index contributed by atoms with van der Waals surface area (Å²) in [6, 6.07) is 3.89. The van der Waals surface area contributed by atoms with E-state index >= 15 is 0 Å². The lowest BCUT2D eigenvalue weighted by molar-refractivity contribution is 0.0277. The number of methoxy groups -OCH3 is 1. The molecule has 0 aromatic carbocycles. The van der Waals surface area contributed by atoms with Crippen LogP contribution >= 0.6 is 24.0 Å². The number of guanidine groups is 1. The van der Waals surface area contributed by atoms with Crippen molar-refractivity contribution in [3.8, 4) is 5.88 Å². The Morgan fingerprint density at radius 2 is 2.00 bits per heavy atom. The third-order valence-electron chi connectivity index (χ3n) is 4.65. The number of hydrogen-bond donors (Lipinski definition) is 2. The Kier molecular flexibility index (Phi) is 14.9. The molecule has 1 heterocycles. The van der Waals surface area contributed by atoms with Gasteiger partial charge in [-0.1, -0.05) is 25.3 Å². The Bertz CT molecular complexity index is 569. The second-order valence-electron chi connectivity index (χ2n) is 6.92. The van der Waals surface area contributed by atoms with Crippen LogP contribution in [0.2, 0.25) is 0 Å². The molecule has 1 aliphatic rings. The molecule has 0 saturated heterocycles. The van der Waals surface area contributed by atoms with Gasteiger partial charge in [-0.2, -0.15) is 0 Å². The first-order valence-electron chi connectivity index (χ1n) is 10.5. The molecule has 1 aliphatic carbocycles. The lowest BCUT2D eigenvalue weighted by Gasteiger charge is -2.22. The molecule has 166 valence electrons. The summed E-state index contributed by atoms with van der Waals surface area (Å²) in [6.07, 6.45) is 9.59. The quantitative estimate of drug-likeness (QED) is 0.190. The topological polar surface area (TPSA) is 77.0 Å². The Hall–Kier alpha value is -1.13. The van der Waals surface area contributed by atoms with Crippen molar-refractivity contribution in [3.63, 3.8) is 0 Å². The van der Waals surface area contributed by atoms with E-state index in [2.05, 4.69) is 27.5 Å². The summed E-state index contributed by atoms with van der Waals surface area (Å²) in [5, 5.41) is 6.66. The molecule has 2 N–H and O–H groups in total. The zero-order valence-electron chi connectivity index (χ0n) is 17.8. The third kappa shape index (κ3) is 11.0. The first-order chi connectivity index (χ1) is 13.8. The molecule has 8 heteroatoms. The smallest absolute Gasteiger partial charge is 0.218 e. The summed E-state index contributed by atoms with van der Waals surface area (Å²) in [7, 11) is 1.65. The second kappa shape index (κ2) is 16.6. The van der Waals surface area contributed by atoms with E-state index < -0.39 is 0 Å². The van der Waals surface area contributed by atoms with Crippen LogP contribution in [-0.4, -0.2) is 57.1 Å². The third-order valence-corrected chi connectivity index (χ3v) is 4.65. The van der Waals surface area contributed by atoms with E-state index in [9.17, 15) is 0 Å². The van der Waals surface area contributed by atoms with Crippen LogP contribution in [-0.2, 0) is 16.0 Å². The normalized spacial score (nSPS) is 14.9. The molecule has 0 radical (unpaired) electrons. The number of ether oxygens (including phenoxy) is 3. The maximum absolute atomic E-state index is 5.98. The minimum atomic E-state index is 0. The lowest BCUT2D eigenvalue weighted by Crippen LogP contribution is -2.38. The van der Waals surface area contributed by atoms with Gasteiger partial charge in [0.1, 0.15) is 6.61 Å². The van der Waals surface area contributed by atoms with E-state index in [1.807, 2.05) is 12.1 Å². The van der Waals surface area contributed by atoms with Gasteiger partial charge >= 0.3 is 0 Å². The largest absolute Gasteiger partial charge is 0.475 e. The average Bonchev–Trinajstić information content (AvgIpc) is 2.73. The molecule has 0 bridgehead atoms. The molecule has 0 unspecified atom stereocenters. The number of pyridine rings is 1. The maximum atomic E-state index is 5.98. The van der Waals surface area contributed by atoms with E-state index in [1.54, 1.807) is 13.3 Å². The molecule has 29 heavy (non-hydrogen) atoms. The Morgan fingerprint density at radius 3 is 2.76 bits per heavy atom. The van der Waals surface area contributed by atoms with Gasteiger partial charge in [0.05, 0.1) is 19.3 Å². The summed E-state index contributed by atoms with van der Waals surface area (Å²) < 4.78 is 16.7. The molecule has 0 amide bonds. The maximum Gasteiger partial charge on any atom is 0.218 e. The van der Waals surface area contributed by atoms with Crippen molar-refractivity contribution in [2.45, 2.75) is 58.1 Å². The summed E-state index contributed by atoms with van der Waals surface area (Å²) in [6.45, 7) is 6.03. The fourth-order valence-electron chi connectivity index (χ4n) is 3.16. The fourth-order valence-corrected chi connectivity index (χ4v) is 3.16. The van der Waals surface area contributed by atoms with Crippen LogP contribution in [0.15, 0.2) is 23.3 Å². The molecule has 2 rings (SSSR count). The lowest BCUT2D eigenvalue weighted by atomic mass is 9.98. The van der Waals surface area contributed by atoms with Gasteiger partial charge in [-0.25, -0.2) is 9.98 Å². The number of nitrogens with zero attached hydrogens (tertiary/aromatic N) is 2. The van der Waals surface area contributed by atoms with Crippen molar-refractivity contribution in [3.05, 3.63) is 23.9 Å². The summed E-state index contributed by atoms with van der Waals surface area (Å²) in [4.78, 5) is 8.96. The molecule has 1 aromatic rings. The van der Waals surface area contributed by atoms with Gasteiger partial charge in [0.25, 0.3) is 0 Å². The SMILES string of the molecule is CCNC(=NCc1cccnc1OCCOC)NCCCOC1CCCCC1.I. The number of rotatable bonds is 12. The standard InChI is InChI=1S/C21H36N4O3.HI/c1-3-22-21(24-13-8-14-27-19-10-5-4-6-11-19)25-17-18-9-7-12-23-20(18)28-16-15-26-2;/h7,9,12,19H,3-6,8,10-11,13-17H2,1-2H3,(H2,22,24,25);1H. The Labute approximate surface area is 192 Å². The van der Waals surface area contributed by atoms with Crippen molar-refractivity contribution >= 4 is 29.9 Å². The van der Waals surface area contributed by atoms with Crippen LogP contribution in [0.5, 0.6) is 5.88 Å². The van der Waals surface area contributed by atoms with E-state index in [-0.39, 0.29) is 24.0 Å². The second-order valence-corrected chi connectivity index (χ2v) is 6.92. The molecule has 0 aliphatic heterocycles. The van der Waals surface area contributed by atoms with Crippen LogP contribution in [0.25, 0.3) is 0 Å². The predicted octanol–water partition coefficient (Wildman–Crippen LogP) is 3.52. The van der Waals surface area contributed by atoms with Crippen molar-refractivity contribution in [1.29, 1.82) is 0 Å². The highest BCUT2D eigenvalue weighted by Gasteiger charge is 2.13. The zero-order valence-corrected chi connectivity index (χ0v) is 20.2. The number of halogens is 1. The minimum Gasteiger partial charge on any atom is -0.475 e. The molecule has 7 nitrogen and oxygen atoms in total. The van der Waals surface area contributed by atoms with Crippen molar-refractivity contribution in [2.75, 3.05) is 40.0 Å². The summed E-state index contributed by atoms with van der Waals surface area (Å²) in [5.41, 5.74) is 0.955. The Morgan fingerprint density at radius 1 is 1.17 bits per heavy atom. The first-order valence-corrected chi connectivity index (χ1v) is 10.5. The van der Waals surface area contributed by atoms with E-state index in [0.717, 1.165) is 37.6 Å². The van der Waals surface area contributed by atoms with Crippen LogP contribution in [0.1, 0.15) is 51.0 Å². The van der Waals surface area contributed by atoms with Crippen molar-refractivity contribution in [1.82, 2.24) is 15.6 Å². The molecule has 1 aromatic heterocycles. The van der Waals surface area contributed by atoms with Crippen LogP contribution in [0.4, 0.5) is 0 Å². The number of aliphatic imine (C=N–C) groups is 1. The fraction of sp³-hybridized carbons (Fsp3) is 0.714. The predicted molar refractivity (Wildman–Crippen MR) is 127 cm³/mol. The molecule has 1 fully saturated rings. The minimum absolute atomic E-state index is 0. The van der Waals surface area contributed by atoms with Gasteiger partial charge in [-0.3, -0.25) is 0 Å². The number of hydrogen-bond acceptors (Lipinski definition) is 5. The van der Waals surface area contributed by atoms with Crippen molar-refractivity contribution in [2.24, 2.45) is 4.99 Å². The van der Waals surface area contributed by atoms with Crippen LogP contribution < -0.4 is 15.4 Å².